The predicted octanol–water partition coefficient (Wildman–Crippen LogP) is 2.74. The van der Waals surface area contributed by atoms with Gasteiger partial charge in [0.2, 0.25) is 5.78 Å². The zero-order chi connectivity index (χ0) is 23.0. The average molecular weight is 451 g/mol. The van der Waals surface area contributed by atoms with Crippen LogP contribution in [-0.4, -0.2) is 50.9 Å². The third-order valence-electron chi connectivity index (χ3n) is 8.99. The van der Waals surface area contributed by atoms with Gasteiger partial charge < -0.3 is 14.9 Å². The molecule has 4 aliphatic carbocycles. The summed E-state index contributed by atoms with van der Waals surface area (Å²) in [6.07, 6.45) is 5.67. The molecule has 0 aliphatic heterocycles. The van der Waals surface area contributed by atoms with Crippen LogP contribution in [0.15, 0.2) is 23.8 Å². The highest BCUT2D eigenvalue weighted by atomic mass is 35.5. The van der Waals surface area contributed by atoms with E-state index in [0.29, 0.717) is 12.8 Å². The van der Waals surface area contributed by atoms with Crippen molar-refractivity contribution in [1.29, 1.82) is 0 Å². The second-order valence-electron chi connectivity index (χ2n) is 10.4. The second-order valence-corrected chi connectivity index (χ2v) is 11.0. The molecule has 0 heterocycles. The third-order valence-corrected chi connectivity index (χ3v) is 9.91. The van der Waals surface area contributed by atoms with E-state index < -0.39 is 45.8 Å². The van der Waals surface area contributed by atoms with Gasteiger partial charge >= 0.3 is 5.97 Å². The number of carbonyl (C=O) groups is 3. The van der Waals surface area contributed by atoms with Crippen LogP contribution in [-0.2, 0) is 19.1 Å². The molecule has 6 nitrogen and oxygen atoms in total. The number of hydrogen-bond acceptors (Lipinski definition) is 6. The Morgan fingerprint density at radius 3 is 2.61 bits per heavy atom. The molecule has 0 aromatic rings. The van der Waals surface area contributed by atoms with Crippen molar-refractivity contribution >= 4 is 29.1 Å². The number of aliphatic hydroxyl groups is 2. The van der Waals surface area contributed by atoms with Gasteiger partial charge in [0.1, 0.15) is 5.60 Å². The van der Waals surface area contributed by atoms with Gasteiger partial charge in [-0.25, -0.2) is 0 Å². The van der Waals surface area contributed by atoms with Crippen molar-refractivity contribution in [2.75, 3.05) is 6.61 Å². The van der Waals surface area contributed by atoms with Crippen LogP contribution in [0.1, 0.15) is 53.4 Å². The zero-order valence-electron chi connectivity index (χ0n) is 18.5. The maximum Gasteiger partial charge on any atom is 0.303 e. The summed E-state index contributed by atoms with van der Waals surface area (Å²) in [5, 5.41) is 23.0. The SMILES string of the molecule is CC(=O)OCC(=O)[C@@]1(O)CC[C@H]2[C@@H]3C[C@H](C)C4=CC(=O)C=C[C@]4(C)[C@@]3(Cl)[C@@H](O)C[C@@]21C. The Kier molecular flexibility index (Phi) is 5.12. The highest BCUT2D eigenvalue weighted by Crippen LogP contribution is 2.71. The van der Waals surface area contributed by atoms with Gasteiger partial charge in [-0.3, -0.25) is 14.4 Å². The van der Waals surface area contributed by atoms with Gasteiger partial charge in [0.25, 0.3) is 0 Å². The summed E-state index contributed by atoms with van der Waals surface area (Å²) in [5.41, 5.74) is -2.34. The smallest absolute Gasteiger partial charge is 0.303 e. The fourth-order valence-corrected chi connectivity index (χ4v) is 7.84. The van der Waals surface area contributed by atoms with Crippen LogP contribution in [0.25, 0.3) is 0 Å². The van der Waals surface area contributed by atoms with E-state index in [1.807, 2.05) is 19.9 Å². The van der Waals surface area contributed by atoms with Crippen LogP contribution < -0.4 is 0 Å². The van der Waals surface area contributed by atoms with Crippen molar-refractivity contribution in [2.24, 2.45) is 28.6 Å². The molecule has 0 aromatic carbocycles. The molecule has 170 valence electrons. The van der Waals surface area contributed by atoms with E-state index in [4.69, 9.17) is 16.3 Å². The molecular formula is C24H31ClO6. The van der Waals surface area contributed by atoms with Gasteiger partial charge in [0, 0.05) is 17.8 Å². The summed E-state index contributed by atoms with van der Waals surface area (Å²) in [7, 11) is 0. The summed E-state index contributed by atoms with van der Waals surface area (Å²) in [6.45, 7) is 6.65. The van der Waals surface area contributed by atoms with E-state index in [-0.39, 0.29) is 36.4 Å². The number of ketones is 2. The topological polar surface area (TPSA) is 101 Å². The number of alkyl halides is 1. The second kappa shape index (κ2) is 7.00. The normalized spacial score (nSPS) is 48.4. The van der Waals surface area contributed by atoms with Crippen LogP contribution in [0.3, 0.4) is 0 Å². The van der Waals surface area contributed by atoms with E-state index in [1.54, 1.807) is 6.08 Å². The van der Waals surface area contributed by atoms with E-state index in [2.05, 4.69) is 6.92 Å². The number of aliphatic hydroxyl groups excluding tert-OH is 1. The van der Waals surface area contributed by atoms with Crippen LogP contribution >= 0.6 is 11.6 Å². The number of ether oxygens (including phenoxy) is 1. The Labute approximate surface area is 187 Å². The zero-order valence-corrected chi connectivity index (χ0v) is 19.2. The molecule has 4 rings (SSSR count). The summed E-state index contributed by atoms with van der Waals surface area (Å²) in [4.78, 5) is 35.2. The molecule has 0 unspecified atom stereocenters. The summed E-state index contributed by atoms with van der Waals surface area (Å²) in [5.74, 6) is -1.34. The summed E-state index contributed by atoms with van der Waals surface area (Å²) >= 11 is 7.37. The minimum atomic E-state index is -1.69. The van der Waals surface area contributed by atoms with Gasteiger partial charge in [0.15, 0.2) is 12.4 Å². The molecule has 0 amide bonds. The molecule has 7 heteroatoms. The predicted molar refractivity (Wildman–Crippen MR) is 114 cm³/mol. The number of Topliss-reactive ketones (excluding diaryl/α,β-unsaturated/α-hetero) is 1. The first-order chi connectivity index (χ1) is 14.3. The highest BCUT2D eigenvalue weighted by Gasteiger charge is 2.73. The number of halogens is 1. The molecule has 8 atom stereocenters. The number of fused-ring (bicyclic) bond motifs is 5. The molecule has 2 N–H and O–H groups in total. The Hall–Kier alpha value is -1.50. The van der Waals surface area contributed by atoms with Crippen molar-refractivity contribution < 1.29 is 29.3 Å². The largest absolute Gasteiger partial charge is 0.458 e. The monoisotopic (exact) mass is 450 g/mol. The minimum absolute atomic E-state index is 0.0699. The lowest BCUT2D eigenvalue weighted by Gasteiger charge is -2.65. The van der Waals surface area contributed by atoms with E-state index in [1.165, 1.54) is 13.0 Å². The van der Waals surface area contributed by atoms with Crippen LogP contribution in [0, 0.1) is 28.6 Å². The summed E-state index contributed by atoms with van der Waals surface area (Å²) in [6, 6.07) is 0. The number of allylic oxidation sites excluding steroid dienone is 4. The summed E-state index contributed by atoms with van der Waals surface area (Å²) < 4.78 is 4.89. The Morgan fingerprint density at radius 1 is 1.29 bits per heavy atom. The molecule has 3 fully saturated rings. The van der Waals surface area contributed by atoms with E-state index in [9.17, 15) is 24.6 Å². The third kappa shape index (κ3) is 2.80. The molecule has 31 heavy (non-hydrogen) atoms. The van der Waals surface area contributed by atoms with Crippen molar-refractivity contribution in [3.8, 4) is 0 Å². The number of carbonyl (C=O) groups excluding carboxylic acids is 3. The fourth-order valence-electron chi connectivity index (χ4n) is 7.35. The van der Waals surface area contributed by atoms with Gasteiger partial charge in [-0.2, -0.15) is 0 Å². The Bertz CT molecular complexity index is 910. The number of hydrogen-bond donors (Lipinski definition) is 2. The van der Waals surface area contributed by atoms with Gasteiger partial charge in [-0.1, -0.05) is 32.4 Å². The molecule has 3 saturated carbocycles. The molecule has 0 spiro atoms. The van der Waals surface area contributed by atoms with Crippen molar-refractivity contribution in [1.82, 2.24) is 0 Å². The standard InChI is InChI=1S/C24H31ClO6/c1-13-9-18-16-6-8-23(30,20(29)12-31-14(2)26)22(16,4)11-19(28)24(18,25)21(3)7-5-15(27)10-17(13)21/h5,7,10,13,16,18-19,28,30H,6,8-9,11-12H2,1-4H3/t13-,16-,18-,19-,21-,22-,23-,24-/m0/s1. The first-order valence-corrected chi connectivity index (χ1v) is 11.4. The fraction of sp³-hybridized carbons (Fsp3) is 0.708. The average Bonchev–Trinajstić information content (AvgIpc) is 2.96. The van der Waals surface area contributed by atoms with Gasteiger partial charge in [0.05, 0.1) is 11.0 Å². The maximum absolute atomic E-state index is 13.0. The first kappa shape index (κ1) is 22.7. The lowest BCUT2D eigenvalue weighted by Crippen LogP contribution is -2.69. The molecular weight excluding hydrogens is 420 g/mol. The molecule has 0 bridgehead atoms. The molecule has 0 radical (unpaired) electrons. The lowest BCUT2D eigenvalue weighted by molar-refractivity contribution is -0.178. The van der Waals surface area contributed by atoms with Crippen LogP contribution in [0.5, 0.6) is 0 Å². The van der Waals surface area contributed by atoms with E-state index >= 15 is 0 Å². The van der Waals surface area contributed by atoms with Crippen LogP contribution in [0.2, 0.25) is 0 Å². The number of esters is 1. The van der Waals surface area contributed by atoms with Crippen molar-refractivity contribution in [3.63, 3.8) is 0 Å². The lowest BCUT2D eigenvalue weighted by atomic mass is 9.44. The first-order valence-electron chi connectivity index (χ1n) is 11.0. The van der Waals surface area contributed by atoms with Gasteiger partial charge in [-0.05, 0) is 55.6 Å². The number of rotatable bonds is 3. The molecule has 4 aliphatic rings. The Balaban J connectivity index is 1.75. The molecule has 0 aromatic heterocycles. The molecule has 0 saturated heterocycles. The highest BCUT2D eigenvalue weighted by molar-refractivity contribution is 6.26. The minimum Gasteiger partial charge on any atom is -0.458 e. The van der Waals surface area contributed by atoms with E-state index in [0.717, 1.165) is 5.57 Å². The van der Waals surface area contributed by atoms with Gasteiger partial charge in [-0.15, -0.1) is 11.6 Å². The maximum atomic E-state index is 13.0. The quantitative estimate of drug-likeness (QED) is 0.506. The van der Waals surface area contributed by atoms with Crippen molar-refractivity contribution in [2.45, 2.75) is 70.0 Å². The Morgan fingerprint density at radius 2 is 1.97 bits per heavy atom. The van der Waals surface area contributed by atoms with Crippen LogP contribution in [0.4, 0.5) is 0 Å². The van der Waals surface area contributed by atoms with Crippen molar-refractivity contribution in [3.05, 3.63) is 23.8 Å².